The summed E-state index contributed by atoms with van der Waals surface area (Å²) >= 11 is 3.49. The topological polar surface area (TPSA) is 33.2 Å². The van der Waals surface area contributed by atoms with Gasteiger partial charge in [-0.05, 0) is 42.7 Å². The van der Waals surface area contributed by atoms with Crippen LogP contribution in [0.1, 0.15) is 41.6 Å². The number of amides is 1. The second-order valence-electron chi connectivity index (χ2n) is 6.64. The largest absolute Gasteiger partial charge is 0.339 e. The number of aromatic nitrogens is 1. The van der Waals surface area contributed by atoms with Gasteiger partial charge in [0.05, 0.1) is 10.2 Å². The predicted molar refractivity (Wildman–Crippen MR) is 110 cm³/mol. The summed E-state index contributed by atoms with van der Waals surface area (Å²) in [5, 5.41) is 0. The minimum absolute atomic E-state index is 0.178. The molecule has 1 fully saturated rings. The Morgan fingerprint density at radius 3 is 2.46 bits per heavy atom. The highest BCUT2D eigenvalue weighted by Gasteiger charge is 2.17. The first-order valence-corrected chi connectivity index (χ1v) is 11.0. The second kappa shape index (κ2) is 8.23. The molecule has 3 aromatic rings. The Morgan fingerprint density at radius 1 is 1.00 bits per heavy atom. The van der Waals surface area contributed by atoms with E-state index in [1.807, 2.05) is 23.1 Å². The number of hydrogen-bond acceptors (Lipinski definition) is 4. The maximum atomic E-state index is 12.7. The van der Waals surface area contributed by atoms with Gasteiger partial charge >= 0.3 is 0 Å². The van der Waals surface area contributed by atoms with Gasteiger partial charge in [-0.15, -0.1) is 11.3 Å². The van der Waals surface area contributed by atoms with Gasteiger partial charge in [0, 0.05) is 24.4 Å². The first-order valence-electron chi connectivity index (χ1n) is 9.16. The SMILES string of the molecule is O=C(c1ccc(CSc2nc3ccccc3s2)cc1)N1CCCCCC1. The lowest BCUT2D eigenvalue weighted by Crippen LogP contribution is -2.31. The summed E-state index contributed by atoms with van der Waals surface area (Å²) in [6, 6.07) is 16.3. The number of likely N-dealkylation sites (tertiary alicyclic amines) is 1. The minimum Gasteiger partial charge on any atom is -0.339 e. The van der Waals surface area contributed by atoms with Crippen LogP contribution >= 0.6 is 23.1 Å². The van der Waals surface area contributed by atoms with Gasteiger partial charge in [0.15, 0.2) is 4.34 Å². The van der Waals surface area contributed by atoms with Gasteiger partial charge in [-0.1, -0.05) is 48.9 Å². The summed E-state index contributed by atoms with van der Waals surface area (Å²) in [5.74, 6) is 1.05. The average molecular weight is 383 g/mol. The molecule has 1 aliphatic heterocycles. The van der Waals surface area contributed by atoms with Gasteiger partial charge in [0.25, 0.3) is 5.91 Å². The quantitative estimate of drug-likeness (QED) is 0.550. The van der Waals surface area contributed by atoms with Crippen LogP contribution in [0.15, 0.2) is 52.9 Å². The van der Waals surface area contributed by atoms with Crippen molar-refractivity contribution in [2.75, 3.05) is 13.1 Å². The summed E-state index contributed by atoms with van der Waals surface area (Å²) in [7, 11) is 0. The molecule has 0 aliphatic carbocycles. The van der Waals surface area contributed by atoms with Gasteiger partial charge in [-0.2, -0.15) is 0 Å². The maximum absolute atomic E-state index is 12.7. The van der Waals surface area contributed by atoms with Crippen LogP contribution < -0.4 is 0 Å². The monoisotopic (exact) mass is 382 g/mol. The molecule has 0 atom stereocenters. The molecule has 1 amide bonds. The zero-order chi connectivity index (χ0) is 17.8. The Morgan fingerprint density at radius 2 is 1.73 bits per heavy atom. The molecule has 0 radical (unpaired) electrons. The number of fused-ring (bicyclic) bond motifs is 1. The molecule has 26 heavy (non-hydrogen) atoms. The fourth-order valence-corrected chi connectivity index (χ4v) is 5.28. The molecular formula is C21H22N2OS2. The van der Waals surface area contributed by atoms with Gasteiger partial charge < -0.3 is 4.90 Å². The third-order valence-corrected chi connectivity index (χ3v) is 6.98. The van der Waals surface area contributed by atoms with Crippen molar-refractivity contribution in [1.82, 2.24) is 9.88 Å². The maximum Gasteiger partial charge on any atom is 0.253 e. The van der Waals surface area contributed by atoms with Crippen molar-refractivity contribution in [3.63, 3.8) is 0 Å². The molecule has 1 aromatic heterocycles. The molecule has 1 saturated heterocycles. The normalized spacial score (nSPS) is 15.2. The summed E-state index contributed by atoms with van der Waals surface area (Å²) in [6.45, 7) is 1.79. The third kappa shape index (κ3) is 4.10. The standard InChI is InChI=1S/C21H22N2OS2/c24-20(23-13-5-1-2-6-14-23)17-11-9-16(10-12-17)15-25-21-22-18-7-3-4-8-19(18)26-21/h3-4,7-12H,1-2,5-6,13-15H2. The number of hydrogen-bond donors (Lipinski definition) is 0. The Labute approximate surface area is 162 Å². The molecule has 0 unspecified atom stereocenters. The first kappa shape index (κ1) is 17.6. The molecule has 3 nitrogen and oxygen atoms in total. The van der Waals surface area contributed by atoms with Crippen LogP contribution in [0, 0.1) is 0 Å². The zero-order valence-electron chi connectivity index (χ0n) is 14.7. The van der Waals surface area contributed by atoms with Crippen LogP contribution in [-0.2, 0) is 5.75 Å². The van der Waals surface area contributed by atoms with Crippen molar-refractivity contribution in [3.05, 3.63) is 59.7 Å². The number of thioether (sulfide) groups is 1. The van der Waals surface area contributed by atoms with E-state index in [0.717, 1.165) is 47.1 Å². The van der Waals surface area contributed by atoms with Gasteiger partial charge in [-0.25, -0.2) is 4.98 Å². The molecule has 0 N–H and O–H groups in total. The smallest absolute Gasteiger partial charge is 0.253 e. The van der Waals surface area contributed by atoms with E-state index >= 15 is 0 Å². The van der Waals surface area contributed by atoms with Crippen LogP contribution in [0.5, 0.6) is 0 Å². The van der Waals surface area contributed by atoms with Crippen molar-refractivity contribution >= 4 is 39.2 Å². The van der Waals surface area contributed by atoms with E-state index in [2.05, 4.69) is 35.3 Å². The van der Waals surface area contributed by atoms with Crippen LogP contribution in [-0.4, -0.2) is 28.9 Å². The van der Waals surface area contributed by atoms with Crippen LogP contribution in [0.4, 0.5) is 0 Å². The molecule has 134 valence electrons. The van der Waals surface area contributed by atoms with E-state index in [-0.39, 0.29) is 5.91 Å². The fourth-order valence-electron chi connectivity index (χ4n) is 3.26. The lowest BCUT2D eigenvalue weighted by molar-refractivity contribution is 0.0761. The van der Waals surface area contributed by atoms with Crippen molar-refractivity contribution in [1.29, 1.82) is 0 Å². The highest BCUT2D eigenvalue weighted by Crippen LogP contribution is 2.31. The predicted octanol–water partition coefficient (Wildman–Crippen LogP) is 5.60. The highest BCUT2D eigenvalue weighted by molar-refractivity contribution is 8.00. The van der Waals surface area contributed by atoms with Gasteiger partial charge in [0.2, 0.25) is 0 Å². The lowest BCUT2D eigenvalue weighted by Gasteiger charge is -2.20. The number of benzene rings is 2. The first-order chi connectivity index (χ1) is 12.8. The second-order valence-corrected chi connectivity index (χ2v) is 8.89. The van der Waals surface area contributed by atoms with Crippen molar-refractivity contribution in [3.8, 4) is 0 Å². The number of para-hydroxylation sites is 1. The van der Waals surface area contributed by atoms with E-state index in [0.29, 0.717) is 0 Å². The van der Waals surface area contributed by atoms with Gasteiger partial charge in [0.1, 0.15) is 0 Å². The number of nitrogens with zero attached hydrogens (tertiary/aromatic N) is 2. The van der Waals surface area contributed by atoms with Crippen LogP contribution in [0.2, 0.25) is 0 Å². The minimum atomic E-state index is 0.178. The Balaban J connectivity index is 1.38. The molecule has 0 bridgehead atoms. The van der Waals surface area contributed by atoms with Crippen molar-refractivity contribution < 1.29 is 4.79 Å². The Kier molecular flexibility index (Phi) is 5.56. The lowest BCUT2D eigenvalue weighted by atomic mass is 10.1. The number of carbonyl (C=O) groups excluding carboxylic acids is 1. The van der Waals surface area contributed by atoms with E-state index in [1.165, 1.54) is 23.1 Å². The van der Waals surface area contributed by atoms with Crippen molar-refractivity contribution in [2.45, 2.75) is 35.8 Å². The third-order valence-electron chi connectivity index (χ3n) is 4.73. The van der Waals surface area contributed by atoms with E-state index < -0.39 is 0 Å². The zero-order valence-corrected chi connectivity index (χ0v) is 16.3. The fraction of sp³-hybridized carbons (Fsp3) is 0.333. The summed E-state index contributed by atoms with van der Waals surface area (Å²) in [5.41, 5.74) is 3.10. The number of carbonyl (C=O) groups is 1. The highest BCUT2D eigenvalue weighted by atomic mass is 32.2. The molecule has 0 spiro atoms. The molecule has 2 aromatic carbocycles. The van der Waals surface area contributed by atoms with E-state index in [9.17, 15) is 4.79 Å². The molecule has 4 rings (SSSR count). The summed E-state index contributed by atoms with van der Waals surface area (Å²) < 4.78 is 2.32. The average Bonchev–Trinajstić information content (AvgIpc) is 2.90. The van der Waals surface area contributed by atoms with Crippen LogP contribution in [0.3, 0.4) is 0 Å². The van der Waals surface area contributed by atoms with Crippen LogP contribution in [0.25, 0.3) is 10.2 Å². The number of rotatable bonds is 4. The molecule has 1 aliphatic rings. The molecule has 0 saturated carbocycles. The van der Waals surface area contributed by atoms with Crippen molar-refractivity contribution in [2.24, 2.45) is 0 Å². The number of thiazole rings is 1. The van der Waals surface area contributed by atoms with E-state index in [1.54, 1.807) is 23.1 Å². The Hall–Kier alpha value is -1.85. The van der Waals surface area contributed by atoms with E-state index in [4.69, 9.17) is 0 Å². The van der Waals surface area contributed by atoms with Gasteiger partial charge in [-0.3, -0.25) is 4.79 Å². The Bertz CT molecular complexity index is 847. The molecule has 2 heterocycles. The molecule has 5 heteroatoms. The summed E-state index contributed by atoms with van der Waals surface area (Å²) in [6.07, 6.45) is 4.74. The summed E-state index contributed by atoms with van der Waals surface area (Å²) in [4.78, 5) is 19.3. The molecular weight excluding hydrogens is 360 g/mol.